The van der Waals surface area contributed by atoms with Crippen molar-refractivity contribution in [1.29, 1.82) is 0 Å². The van der Waals surface area contributed by atoms with Gasteiger partial charge in [-0.15, -0.1) is 0 Å². The molecule has 2 amide bonds. The van der Waals surface area contributed by atoms with Gasteiger partial charge in [0.05, 0.1) is 25.0 Å². The van der Waals surface area contributed by atoms with Gasteiger partial charge in [0.25, 0.3) is 5.91 Å². The Balaban J connectivity index is 2.40. The fourth-order valence-electron chi connectivity index (χ4n) is 2.98. The standard InChI is InChI=1S/C15H27N7O4/c1-9-8-19-11(22(9)18)10-6-5-7-21(10)12(23)15(17,14(2,16)26-4)20-13(24)25-3/h8,10H,5-7,16-18H2,1-4H3,(H,20,24)/t10-,14-,15+/m0/s1. The summed E-state index contributed by atoms with van der Waals surface area (Å²) in [6, 6.07) is -0.392. The van der Waals surface area contributed by atoms with Gasteiger partial charge in [-0.25, -0.2) is 14.5 Å². The van der Waals surface area contributed by atoms with Crippen molar-refractivity contribution in [3.63, 3.8) is 0 Å². The molecule has 0 unspecified atom stereocenters. The van der Waals surface area contributed by atoms with E-state index < -0.39 is 29.4 Å². The third-order valence-electron chi connectivity index (χ3n) is 4.85. The smallest absolute Gasteiger partial charge is 0.408 e. The minimum atomic E-state index is -2.06. The van der Waals surface area contributed by atoms with Crippen molar-refractivity contribution in [3.05, 3.63) is 17.7 Å². The number of aromatic nitrogens is 2. The van der Waals surface area contributed by atoms with Crippen LogP contribution in [-0.4, -0.2) is 58.7 Å². The zero-order valence-corrected chi connectivity index (χ0v) is 15.5. The van der Waals surface area contributed by atoms with E-state index in [0.717, 1.165) is 19.2 Å². The number of nitrogens with zero attached hydrogens (tertiary/aromatic N) is 3. The molecule has 0 saturated carbocycles. The summed E-state index contributed by atoms with van der Waals surface area (Å²) in [4.78, 5) is 30.9. The number of hydrogen-bond acceptors (Lipinski definition) is 8. The number of nitrogens with two attached hydrogens (primary N) is 3. The van der Waals surface area contributed by atoms with Gasteiger partial charge in [0.1, 0.15) is 5.82 Å². The molecule has 26 heavy (non-hydrogen) atoms. The number of nitrogens with one attached hydrogen (secondary N) is 1. The van der Waals surface area contributed by atoms with E-state index in [9.17, 15) is 9.59 Å². The Hall–Kier alpha value is -2.37. The van der Waals surface area contributed by atoms with Crippen LogP contribution in [0.2, 0.25) is 0 Å². The van der Waals surface area contributed by atoms with Gasteiger partial charge in [-0.05, 0) is 26.7 Å². The Labute approximate surface area is 151 Å². The first-order valence-corrected chi connectivity index (χ1v) is 8.18. The summed E-state index contributed by atoms with van der Waals surface area (Å²) in [5, 5.41) is 2.32. The zero-order chi connectivity index (χ0) is 19.7. The van der Waals surface area contributed by atoms with Crippen LogP contribution >= 0.6 is 0 Å². The maximum absolute atomic E-state index is 13.3. The topological polar surface area (TPSA) is 164 Å². The summed E-state index contributed by atoms with van der Waals surface area (Å²) >= 11 is 0. The quantitative estimate of drug-likeness (QED) is 0.375. The van der Waals surface area contributed by atoms with Crippen LogP contribution in [0.3, 0.4) is 0 Å². The van der Waals surface area contributed by atoms with Crippen molar-refractivity contribution in [1.82, 2.24) is 19.9 Å². The fourth-order valence-corrected chi connectivity index (χ4v) is 2.98. The lowest BCUT2D eigenvalue weighted by Gasteiger charge is -2.43. The van der Waals surface area contributed by atoms with Crippen LogP contribution in [0.1, 0.15) is 37.3 Å². The summed E-state index contributed by atoms with van der Waals surface area (Å²) in [6.45, 7) is 3.63. The van der Waals surface area contributed by atoms with Crippen LogP contribution in [0.25, 0.3) is 0 Å². The van der Waals surface area contributed by atoms with E-state index in [1.165, 1.54) is 23.6 Å². The van der Waals surface area contributed by atoms with Gasteiger partial charge in [-0.1, -0.05) is 0 Å². The first kappa shape index (κ1) is 19.9. The zero-order valence-electron chi connectivity index (χ0n) is 15.5. The van der Waals surface area contributed by atoms with Gasteiger partial charge >= 0.3 is 6.09 Å². The van der Waals surface area contributed by atoms with Gasteiger partial charge in [0, 0.05) is 13.7 Å². The highest BCUT2D eigenvalue weighted by atomic mass is 16.5. The van der Waals surface area contributed by atoms with E-state index in [2.05, 4.69) is 15.0 Å². The lowest BCUT2D eigenvalue weighted by atomic mass is 9.96. The van der Waals surface area contributed by atoms with Crippen LogP contribution in [0.4, 0.5) is 4.79 Å². The average Bonchev–Trinajstić information content (AvgIpc) is 3.21. The molecule has 0 aromatic carbocycles. The number of carbonyl (C=O) groups is 2. The van der Waals surface area contributed by atoms with Crippen LogP contribution in [0.15, 0.2) is 6.20 Å². The number of nitrogen functional groups attached to an aromatic ring is 1. The Kier molecular flexibility index (Phi) is 5.44. The Morgan fingerprint density at radius 3 is 2.54 bits per heavy atom. The van der Waals surface area contributed by atoms with E-state index >= 15 is 0 Å². The molecule has 0 spiro atoms. The molecule has 3 atom stereocenters. The second-order valence-electron chi connectivity index (χ2n) is 6.52. The molecule has 0 aliphatic carbocycles. The average molecular weight is 369 g/mol. The van der Waals surface area contributed by atoms with Crippen LogP contribution in [0.5, 0.6) is 0 Å². The SMILES string of the molecule is COC(=O)N[C@](N)(C(=O)N1CCC[C@H]1c1ncc(C)n1N)[C@@](C)(N)OC. The first-order valence-electron chi connectivity index (χ1n) is 8.18. The highest BCUT2D eigenvalue weighted by Gasteiger charge is 2.55. The predicted molar refractivity (Wildman–Crippen MR) is 92.9 cm³/mol. The highest BCUT2D eigenvalue weighted by molar-refractivity contribution is 5.91. The monoisotopic (exact) mass is 369 g/mol. The van der Waals surface area contributed by atoms with Gasteiger partial charge in [-0.3, -0.25) is 15.8 Å². The molecular weight excluding hydrogens is 342 g/mol. The molecule has 1 aromatic rings. The molecule has 2 heterocycles. The normalized spacial score (nSPS) is 21.8. The first-order chi connectivity index (χ1) is 12.1. The molecule has 2 rings (SSSR count). The van der Waals surface area contributed by atoms with Gasteiger partial charge < -0.3 is 25.9 Å². The lowest BCUT2D eigenvalue weighted by Crippen LogP contribution is -2.79. The summed E-state index contributed by atoms with van der Waals surface area (Å²) in [5.41, 5.74) is 9.34. The van der Waals surface area contributed by atoms with E-state index in [0.29, 0.717) is 18.8 Å². The van der Waals surface area contributed by atoms with Gasteiger partial charge in [0.15, 0.2) is 5.72 Å². The molecule has 1 saturated heterocycles. The number of amides is 2. The maximum Gasteiger partial charge on any atom is 0.408 e. The van der Waals surface area contributed by atoms with Crippen LogP contribution < -0.4 is 22.6 Å². The molecule has 1 aliphatic rings. The molecule has 11 nitrogen and oxygen atoms in total. The van der Waals surface area contributed by atoms with Crippen molar-refractivity contribution in [2.45, 2.75) is 44.1 Å². The molecule has 0 bridgehead atoms. The number of rotatable bonds is 5. The number of carbonyl (C=O) groups excluding carboxylic acids is 2. The highest BCUT2D eigenvalue weighted by Crippen LogP contribution is 2.33. The van der Waals surface area contributed by atoms with Crippen LogP contribution in [0, 0.1) is 6.92 Å². The van der Waals surface area contributed by atoms with Crippen molar-refractivity contribution in [3.8, 4) is 0 Å². The maximum atomic E-state index is 13.3. The number of likely N-dealkylation sites (tertiary alicyclic amines) is 1. The third-order valence-corrected chi connectivity index (χ3v) is 4.85. The third kappa shape index (κ3) is 3.20. The summed E-state index contributed by atoms with van der Waals surface area (Å²) in [6.07, 6.45) is 2.11. The number of hydrogen-bond donors (Lipinski definition) is 4. The van der Waals surface area contributed by atoms with Gasteiger partial charge in [-0.2, -0.15) is 0 Å². The van der Waals surface area contributed by atoms with Crippen LogP contribution in [-0.2, 0) is 14.3 Å². The van der Waals surface area contributed by atoms with Crippen molar-refractivity contribution < 1.29 is 19.1 Å². The van der Waals surface area contributed by atoms with E-state index in [1.54, 1.807) is 6.20 Å². The molecule has 1 aromatic heterocycles. The Bertz CT molecular complexity index is 690. The van der Waals surface area contributed by atoms with Crippen molar-refractivity contribution >= 4 is 12.0 Å². The number of aryl methyl sites for hydroxylation is 1. The van der Waals surface area contributed by atoms with Crippen molar-refractivity contribution in [2.75, 3.05) is 26.6 Å². The molecular formula is C15H27N7O4. The summed E-state index contributed by atoms with van der Waals surface area (Å²) < 4.78 is 11.2. The Morgan fingerprint density at radius 2 is 2.04 bits per heavy atom. The van der Waals surface area contributed by atoms with E-state index in [4.69, 9.17) is 22.0 Å². The van der Waals surface area contributed by atoms with Crippen molar-refractivity contribution in [2.24, 2.45) is 11.5 Å². The number of alkyl carbamates (subject to hydrolysis) is 1. The Morgan fingerprint density at radius 1 is 1.38 bits per heavy atom. The molecule has 7 N–H and O–H groups in total. The molecule has 1 aliphatic heterocycles. The summed E-state index contributed by atoms with van der Waals surface area (Å²) in [7, 11) is 2.46. The largest absolute Gasteiger partial charge is 0.453 e. The molecule has 1 fully saturated rings. The fraction of sp³-hybridized carbons (Fsp3) is 0.667. The minimum absolute atomic E-state index is 0.392. The predicted octanol–water partition coefficient (Wildman–Crippen LogP) is -1.10. The number of methoxy groups -OCH3 is 2. The van der Waals surface area contributed by atoms with E-state index in [-0.39, 0.29) is 0 Å². The number of ether oxygens (including phenoxy) is 2. The van der Waals surface area contributed by atoms with Gasteiger partial charge in [0.2, 0.25) is 5.66 Å². The molecule has 11 heteroatoms. The number of imidazole rings is 1. The second-order valence-corrected chi connectivity index (χ2v) is 6.52. The minimum Gasteiger partial charge on any atom is -0.453 e. The summed E-state index contributed by atoms with van der Waals surface area (Å²) in [5.74, 6) is 5.93. The lowest BCUT2D eigenvalue weighted by molar-refractivity contribution is -0.154. The second kappa shape index (κ2) is 7.09. The molecule has 0 radical (unpaired) electrons. The van der Waals surface area contributed by atoms with E-state index in [1.807, 2.05) is 6.92 Å². The molecule has 146 valence electrons.